The third kappa shape index (κ3) is 4.99. The van der Waals surface area contributed by atoms with E-state index >= 15 is 0 Å². The smallest absolute Gasteiger partial charge is 0.240 e. The summed E-state index contributed by atoms with van der Waals surface area (Å²) in [5, 5.41) is 3.15. The summed E-state index contributed by atoms with van der Waals surface area (Å²) in [6.45, 7) is 3.62. The van der Waals surface area contributed by atoms with Gasteiger partial charge in [-0.25, -0.2) is 4.39 Å². The summed E-state index contributed by atoms with van der Waals surface area (Å²) >= 11 is 0. The first-order valence-corrected chi connectivity index (χ1v) is 8.59. The van der Waals surface area contributed by atoms with Gasteiger partial charge in [-0.2, -0.15) is 0 Å². The minimum atomic E-state index is -0.673. The Bertz CT molecular complexity index is 594. The van der Waals surface area contributed by atoms with E-state index < -0.39 is 5.54 Å². The van der Waals surface area contributed by atoms with Gasteiger partial charge in [0, 0.05) is 24.8 Å². The molecule has 25 heavy (non-hydrogen) atoms. The van der Waals surface area contributed by atoms with Gasteiger partial charge in [0.25, 0.3) is 0 Å². The minimum absolute atomic E-state index is 0. The van der Waals surface area contributed by atoms with Crippen molar-refractivity contribution in [2.75, 3.05) is 18.0 Å². The van der Waals surface area contributed by atoms with Crippen molar-refractivity contribution in [3.8, 4) is 0 Å². The fourth-order valence-corrected chi connectivity index (χ4v) is 3.85. The molecular formula is C18H28Cl2FN3O. The summed E-state index contributed by atoms with van der Waals surface area (Å²) in [7, 11) is 0. The van der Waals surface area contributed by atoms with Gasteiger partial charge >= 0.3 is 0 Å². The van der Waals surface area contributed by atoms with Crippen LogP contribution >= 0.6 is 24.8 Å². The number of halogens is 3. The number of piperidine rings is 1. The summed E-state index contributed by atoms with van der Waals surface area (Å²) in [6.07, 6.45) is 5.63. The van der Waals surface area contributed by atoms with Crippen molar-refractivity contribution in [3.63, 3.8) is 0 Å². The lowest BCUT2D eigenvalue weighted by Crippen LogP contribution is -2.57. The largest absolute Gasteiger partial charge is 0.369 e. The van der Waals surface area contributed by atoms with Gasteiger partial charge in [0.1, 0.15) is 5.82 Å². The van der Waals surface area contributed by atoms with Crippen molar-refractivity contribution in [1.29, 1.82) is 0 Å². The number of anilines is 1. The molecule has 1 unspecified atom stereocenters. The van der Waals surface area contributed by atoms with Crippen molar-refractivity contribution < 1.29 is 9.18 Å². The molecule has 1 aromatic carbocycles. The van der Waals surface area contributed by atoms with E-state index in [2.05, 4.69) is 10.2 Å². The van der Waals surface area contributed by atoms with Crippen LogP contribution in [0.1, 0.15) is 44.1 Å². The average molecular weight is 392 g/mol. The molecule has 7 heteroatoms. The van der Waals surface area contributed by atoms with Gasteiger partial charge in [-0.15, -0.1) is 24.8 Å². The Kier molecular flexibility index (Phi) is 7.97. The summed E-state index contributed by atoms with van der Waals surface area (Å²) in [5.41, 5.74) is 7.55. The number of carbonyl (C=O) groups excluding carboxylic acids is 1. The Balaban J connectivity index is 0.00000156. The Morgan fingerprint density at radius 1 is 1.28 bits per heavy atom. The van der Waals surface area contributed by atoms with Gasteiger partial charge in [-0.1, -0.05) is 12.8 Å². The highest BCUT2D eigenvalue weighted by molar-refractivity contribution is 5.86. The van der Waals surface area contributed by atoms with Crippen LogP contribution in [-0.2, 0) is 4.79 Å². The molecule has 0 aromatic heterocycles. The summed E-state index contributed by atoms with van der Waals surface area (Å²) < 4.78 is 13.3. The number of hydrogen-bond donors (Lipinski definition) is 2. The highest BCUT2D eigenvalue weighted by atomic mass is 35.5. The Morgan fingerprint density at radius 2 is 1.96 bits per heavy atom. The molecule has 0 bridgehead atoms. The molecule has 1 aliphatic heterocycles. The molecule has 1 heterocycles. The van der Waals surface area contributed by atoms with Crippen LogP contribution in [0.15, 0.2) is 18.2 Å². The third-order valence-electron chi connectivity index (χ3n) is 5.20. The molecule has 2 fully saturated rings. The van der Waals surface area contributed by atoms with E-state index in [-0.39, 0.29) is 42.6 Å². The quantitative estimate of drug-likeness (QED) is 0.830. The average Bonchev–Trinajstić information content (AvgIpc) is 2.96. The standard InChI is InChI=1S/C18H26FN3O.2ClH/c1-13-11-14(19)6-7-16(13)22-10-4-5-15(12-22)21-17(23)18(20)8-2-3-9-18;;/h6-7,11,15H,2-5,8-10,12,20H2,1H3,(H,21,23);2*1H. The topological polar surface area (TPSA) is 58.4 Å². The number of nitrogens with two attached hydrogens (primary N) is 1. The van der Waals surface area contributed by atoms with Gasteiger partial charge in [-0.05, 0) is 56.4 Å². The predicted molar refractivity (Wildman–Crippen MR) is 104 cm³/mol. The van der Waals surface area contributed by atoms with Crippen molar-refractivity contribution in [2.24, 2.45) is 5.73 Å². The van der Waals surface area contributed by atoms with Gasteiger partial charge in [-0.3, -0.25) is 4.79 Å². The number of nitrogens with one attached hydrogen (secondary N) is 1. The summed E-state index contributed by atoms with van der Waals surface area (Å²) in [4.78, 5) is 14.7. The zero-order chi connectivity index (χ0) is 16.4. The van der Waals surface area contributed by atoms with Gasteiger partial charge < -0.3 is 16.0 Å². The van der Waals surface area contributed by atoms with Gasteiger partial charge in [0.15, 0.2) is 0 Å². The number of nitrogens with zero attached hydrogens (tertiary/aromatic N) is 1. The molecular weight excluding hydrogens is 364 g/mol. The maximum absolute atomic E-state index is 13.3. The molecule has 0 radical (unpaired) electrons. The summed E-state index contributed by atoms with van der Waals surface area (Å²) in [6, 6.07) is 5.00. The van der Waals surface area contributed by atoms with Crippen LogP contribution in [0.2, 0.25) is 0 Å². The van der Waals surface area contributed by atoms with E-state index in [1.54, 1.807) is 6.07 Å². The molecule has 1 atom stereocenters. The van der Waals surface area contributed by atoms with Crippen LogP contribution in [0, 0.1) is 12.7 Å². The molecule has 4 nitrogen and oxygen atoms in total. The van der Waals surface area contributed by atoms with Crippen LogP contribution in [0.3, 0.4) is 0 Å². The van der Waals surface area contributed by atoms with Crippen molar-refractivity contribution >= 4 is 36.4 Å². The Morgan fingerprint density at radius 3 is 2.60 bits per heavy atom. The monoisotopic (exact) mass is 391 g/mol. The van der Waals surface area contributed by atoms with Crippen molar-refractivity contribution in [2.45, 2.75) is 57.0 Å². The lowest BCUT2D eigenvalue weighted by molar-refractivity contribution is -0.126. The SMILES string of the molecule is Cc1cc(F)ccc1N1CCCC(NC(=O)C2(N)CCCC2)C1.Cl.Cl. The van der Waals surface area contributed by atoms with Crippen LogP contribution < -0.4 is 16.0 Å². The van der Waals surface area contributed by atoms with E-state index in [1.807, 2.05) is 13.0 Å². The first-order chi connectivity index (χ1) is 11.0. The van der Waals surface area contributed by atoms with Crippen LogP contribution in [0.4, 0.5) is 10.1 Å². The van der Waals surface area contributed by atoms with E-state index in [0.29, 0.717) is 0 Å². The molecule has 1 aromatic rings. The number of rotatable bonds is 3. The molecule has 1 aliphatic carbocycles. The highest BCUT2D eigenvalue weighted by Gasteiger charge is 2.38. The zero-order valence-electron chi connectivity index (χ0n) is 14.6. The summed E-state index contributed by atoms with van der Waals surface area (Å²) in [5.74, 6) is -0.211. The second-order valence-electron chi connectivity index (χ2n) is 7.05. The Labute approximate surface area is 161 Å². The maximum Gasteiger partial charge on any atom is 0.240 e. The van der Waals surface area contributed by atoms with E-state index in [9.17, 15) is 9.18 Å². The first kappa shape index (κ1) is 22.0. The molecule has 1 saturated carbocycles. The Hall–Kier alpha value is -1.04. The fourth-order valence-electron chi connectivity index (χ4n) is 3.85. The van der Waals surface area contributed by atoms with E-state index in [1.165, 1.54) is 6.07 Å². The number of amides is 1. The highest BCUT2D eigenvalue weighted by Crippen LogP contribution is 2.28. The molecule has 3 rings (SSSR count). The number of hydrogen-bond acceptors (Lipinski definition) is 3. The normalized spacial score (nSPS) is 21.9. The van der Waals surface area contributed by atoms with Crippen molar-refractivity contribution in [1.82, 2.24) is 5.32 Å². The second kappa shape index (κ2) is 9.06. The predicted octanol–water partition coefficient (Wildman–Crippen LogP) is 3.33. The van der Waals surface area contributed by atoms with Gasteiger partial charge in [0.2, 0.25) is 5.91 Å². The van der Waals surface area contributed by atoms with Crippen LogP contribution in [0.25, 0.3) is 0 Å². The molecule has 3 N–H and O–H groups in total. The molecule has 1 saturated heterocycles. The third-order valence-corrected chi connectivity index (χ3v) is 5.20. The van der Waals surface area contributed by atoms with Gasteiger partial charge in [0.05, 0.1) is 5.54 Å². The lowest BCUT2D eigenvalue weighted by Gasteiger charge is -2.37. The number of aryl methyl sites for hydroxylation is 1. The molecule has 0 spiro atoms. The minimum Gasteiger partial charge on any atom is -0.369 e. The molecule has 1 amide bonds. The fraction of sp³-hybridized carbons (Fsp3) is 0.611. The van der Waals surface area contributed by atoms with E-state index in [0.717, 1.165) is 62.9 Å². The van der Waals surface area contributed by atoms with E-state index in [4.69, 9.17) is 5.73 Å². The zero-order valence-corrected chi connectivity index (χ0v) is 16.2. The number of carbonyl (C=O) groups is 1. The first-order valence-electron chi connectivity index (χ1n) is 8.59. The van der Waals surface area contributed by atoms with Crippen LogP contribution in [0.5, 0.6) is 0 Å². The maximum atomic E-state index is 13.3. The molecule has 2 aliphatic rings. The van der Waals surface area contributed by atoms with Crippen LogP contribution in [-0.4, -0.2) is 30.6 Å². The van der Waals surface area contributed by atoms with Crippen molar-refractivity contribution in [3.05, 3.63) is 29.6 Å². The number of benzene rings is 1. The molecule has 142 valence electrons. The lowest BCUT2D eigenvalue weighted by atomic mass is 9.96. The second-order valence-corrected chi connectivity index (χ2v) is 7.05.